The van der Waals surface area contributed by atoms with E-state index in [-0.39, 0.29) is 36.6 Å². The van der Waals surface area contributed by atoms with Gasteiger partial charge in [0.25, 0.3) is 0 Å². The lowest BCUT2D eigenvalue weighted by atomic mass is 9.96. The van der Waals surface area contributed by atoms with Crippen LogP contribution in [0.2, 0.25) is 0 Å². The Balaban J connectivity index is 0.00000180. The molecule has 2 heterocycles. The maximum Gasteiger partial charge on any atom is 0.224 e. The lowest BCUT2D eigenvalue weighted by Gasteiger charge is -2.35. The van der Waals surface area contributed by atoms with Crippen molar-refractivity contribution in [3.8, 4) is 0 Å². The summed E-state index contributed by atoms with van der Waals surface area (Å²) in [5, 5.41) is 6.39. The van der Waals surface area contributed by atoms with Crippen molar-refractivity contribution in [1.29, 1.82) is 0 Å². The number of carbonyl (C=O) groups is 1. The van der Waals surface area contributed by atoms with E-state index in [2.05, 4.69) is 29.4 Å². The second kappa shape index (κ2) is 9.82. The molecule has 0 bridgehead atoms. The van der Waals surface area contributed by atoms with Crippen LogP contribution in [0.25, 0.3) is 0 Å². The lowest BCUT2D eigenvalue weighted by molar-refractivity contribution is -0.124. The summed E-state index contributed by atoms with van der Waals surface area (Å²) in [6.45, 7) is 9.57. The van der Waals surface area contributed by atoms with Crippen LogP contribution in [0.5, 0.6) is 0 Å². The molecule has 2 aliphatic rings. The van der Waals surface area contributed by atoms with Crippen LogP contribution in [0.15, 0.2) is 0 Å². The number of rotatable bonds is 4. The largest absolute Gasteiger partial charge is 0.355 e. The Bertz CT molecular complexity index is 284. The van der Waals surface area contributed by atoms with Gasteiger partial charge in [0.2, 0.25) is 5.91 Å². The molecule has 2 fully saturated rings. The molecule has 0 aromatic heterocycles. The van der Waals surface area contributed by atoms with Crippen LogP contribution in [0, 0.1) is 11.8 Å². The number of nitrogens with zero attached hydrogens (tertiary/aromatic N) is 1. The summed E-state index contributed by atoms with van der Waals surface area (Å²) in [7, 11) is 0. The third-order valence-electron chi connectivity index (χ3n) is 4.28. The first kappa shape index (κ1) is 20.0. The second-order valence-electron chi connectivity index (χ2n) is 6.03. The summed E-state index contributed by atoms with van der Waals surface area (Å²) in [6, 6.07) is 0.627. The molecule has 2 saturated heterocycles. The van der Waals surface area contributed by atoms with Gasteiger partial charge in [-0.25, -0.2) is 0 Å². The second-order valence-corrected chi connectivity index (χ2v) is 6.03. The quantitative estimate of drug-likeness (QED) is 0.826. The fourth-order valence-electron chi connectivity index (χ4n) is 3.00. The van der Waals surface area contributed by atoms with Gasteiger partial charge in [0.1, 0.15) is 0 Å². The predicted molar refractivity (Wildman–Crippen MR) is 87.9 cm³/mol. The van der Waals surface area contributed by atoms with Crippen LogP contribution in [-0.4, -0.2) is 49.6 Å². The van der Waals surface area contributed by atoms with E-state index in [1.165, 1.54) is 19.4 Å². The van der Waals surface area contributed by atoms with Crippen molar-refractivity contribution >= 4 is 30.7 Å². The molecule has 1 amide bonds. The molecular weight excluding hydrogens is 297 g/mol. The molecule has 0 radical (unpaired) electrons. The third-order valence-corrected chi connectivity index (χ3v) is 4.28. The first-order valence-corrected chi connectivity index (χ1v) is 7.39. The molecule has 20 heavy (non-hydrogen) atoms. The van der Waals surface area contributed by atoms with Crippen molar-refractivity contribution < 1.29 is 4.79 Å². The van der Waals surface area contributed by atoms with E-state index in [0.717, 1.165) is 32.6 Å². The first-order valence-electron chi connectivity index (χ1n) is 7.39. The van der Waals surface area contributed by atoms with E-state index in [4.69, 9.17) is 0 Å². The fraction of sp³-hybridized carbons (Fsp3) is 0.929. The maximum atomic E-state index is 11.9. The normalized spacial score (nSPS) is 26.8. The van der Waals surface area contributed by atoms with E-state index in [1.54, 1.807) is 0 Å². The van der Waals surface area contributed by atoms with Gasteiger partial charge in [-0.3, -0.25) is 4.79 Å². The van der Waals surface area contributed by atoms with Crippen molar-refractivity contribution in [3.05, 3.63) is 0 Å². The standard InChI is InChI=1S/C14H27N3O.2ClH/c1-11(2)17-7-3-4-12(10-17)8-16-14(18)13-5-6-15-9-13;;/h11-13,15H,3-10H2,1-2H3,(H,16,18);2*1H. The molecule has 2 rings (SSSR count). The van der Waals surface area contributed by atoms with E-state index in [0.29, 0.717) is 12.0 Å². The van der Waals surface area contributed by atoms with Crippen LogP contribution in [0.1, 0.15) is 33.1 Å². The average Bonchev–Trinajstić information content (AvgIpc) is 2.90. The number of hydrogen-bond acceptors (Lipinski definition) is 3. The monoisotopic (exact) mass is 325 g/mol. The Kier molecular flexibility index (Phi) is 9.81. The summed E-state index contributed by atoms with van der Waals surface area (Å²) >= 11 is 0. The highest BCUT2D eigenvalue weighted by atomic mass is 35.5. The highest BCUT2D eigenvalue weighted by Crippen LogP contribution is 2.18. The third kappa shape index (κ3) is 5.76. The number of nitrogens with one attached hydrogen (secondary N) is 2. The molecule has 0 spiro atoms. The van der Waals surface area contributed by atoms with Crippen molar-refractivity contribution in [2.75, 3.05) is 32.7 Å². The molecule has 2 N–H and O–H groups in total. The SMILES string of the molecule is CC(C)N1CCCC(CNC(=O)C2CCNC2)C1.Cl.Cl. The minimum Gasteiger partial charge on any atom is -0.355 e. The summed E-state index contributed by atoms with van der Waals surface area (Å²) in [5.41, 5.74) is 0. The van der Waals surface area contributed by atoms with Gasteiger partial charge in [-0.05, 0) is 52.1 Å². The molecule has 120 valence electrons. The highest BCUT2D eigenvalue weighted by Gasteiger charge is 2.25. The molecule has 0 saturated carbocycles. The van der Waals surface area contributed by atoms with Gasteiger partial charge >= 0.3 is 0 Å². The van der Waals surface area contributed by atoms with Gasteiger partial charge in [-0.15, -0.1) is 24.8 Å². The Morgan fingerprint density at radius 1 is 1.35 bits per heavy atom. The summed E-state index contributed by atoms with van der Waals surface area (Å²) in [5.74, 6) is 1.09. The number of likely N-dealkylation sites (tertiary alicyclic amines) is 1. The Labute approximate surface area is 135 Å². The number of hydrogen-bond donors (Lipinski definition) is 2. The van der Waals surface area contributed by atoms with Crippen LogP contribution >= 0.6 is 24.8 Å². The number of piperidine rings is 1. The molecule has 2 atom stereocenters. The van der Waals surface area contributed by atoms with E-state index in [1.807, 2.05) is 0 Å². The topological polar surface area (TPSA) is 44.4 Å². The molecule has 0 aromatic carbocycles. The van der Waals surface area contributed by atoms with Gasteiger partial charge in [-0.1, -0.05) is 0 Å². The minimum absolute atomic E-state index is 0. The molecule has 0 aromatic rings. The van der Waals surface area contributed by atoms with E-state index < -0.39 is 0 Å². The molecule has 4 nitrogen and oxygen atoms in total. The summed E-state index contributed by atoms with van der Waals surface area (Å²) in [4.78, 5) is 14.5. The molecule has 0 aliphatic carbocycles. The fourth-order valence-corrected chi connectivity index (χ4v) is 3.00. The molecule has 2 aliphatic heterocycles. The lowest BCUT2D eigenvalue weighted by Crippen LogP contribution is -2.44. The average molecular weight is 326 g/mol. The smallest absolute Gasteiger partial charge is 0.224 e. The maximum absolute atomic E-state index is 11.9. The Morgan fingerprint density at radius 3 is 2.70 bits per heavy atom. The van der Waals surface area contributed by atoms with E-state index in [9.17, 15) is 4.79 Å². The first-order chi connectivity index (χ1) is 8.66. The predicted octanol–water partition coefficient (Wildman–Crippen LogP) is 1.68. The van der Waals surface area contributed by atoms with Crippen LogP contribution in [0.4, 0.5) is 0 Å². The van der Waals surface area contributed by atoms with Gasteiger partial charge in [0.15, 0.2) is 0 Å². The molecule has 2 unspecified atom stereocenters. The zero-order valence-corrected chi connectivity index (χ0v) is 14.2. The van der Waals surface area contributed by atoms with Crippen LogP contribution in [-0.2, 0) is 4.79 Å². The van der Waals surface area contributed by atoms with Crippen molar-refractivity contribution in [3.63, 3.8) is 0 Å². The van der Waals surface area contributed by atoms with Gasteiger partial charge in [0, 0.05) is 25.7 Å². The van der Waals surface area contributed by atoms with Crippen LogP contribution < -0.4 is 10.6 Å². The summed E-state index contributed by atoms with van der Waals surface area (Å²) in [6.07, 6.45) is 3.52. The number of halogens is 2. The van der Waals surface area contributed by atoms with Gasteiger partial charge in [-0.2, -0.15) is 0 Å². The van der Waals surface area contributed by atoms with Crippen molar-refractivity contribution in [2.45, 2.75) is 39.2 Å². The number of carbonyl (C=O) groups excluding carboxylic acids is 1. The van der Waals surface area contributed by atoms with Crippen molar-refractivity contribution in [2.24, 2.45) is 11.8 Å². The summed E-state index contributed by atoms with van der Waals surface area (Å²) < 4.78 is 0. The highest BCUT2D eigenvalue weighted by molar-refractivity contribution is 5.85. The molecular formula is C14H29Cl2N3O. The minimum atomic E-state index is 0. The van der Waals surface area contributed by atoms with Gasteiger partial charge < -0.3 is 15.5 Å². The van der Waals surface area contributed by atoms with E-state index >= 15 is 0 Å². The molecule has 6 heteroatoms. The Hall–Kier alpha value is -0.0300. The zero-order valence-electron chi connectivity index (χ0n) is 12.6. The van der Waals surface area contributed by atoms with Crippen molar-refractivity contribution in [1.82, 2.24) is 15.5 Å². The Morgan fingerprint density at radius 2 is 2.10 bits per heavy atom. The van der Waals surface area contributed by atoms with Crippen LogP contribution in [0.3, 0.4) is 0 Å². The zero-order chi connectivity index (χ0) is 13.0. The number of amides is 1. The van der Waals surface area contributed by atoms with Gasteiger partial charge in [0.05, 0.1) is 5.92 Å².